The Morgan fingerprint density at radius 2 is 2.10 bits per heavy atom. The zero-order valence-corrected chi connectivity index (χ0v) is 12.6. The Morgan fingerprint density at radius 1 is 1.35 bits per heavy atom. The summed E-state index contributed by atoms with van der Waals surface area (Å²) >= 11 is 9.07. The van der Waals surface area contributed by atoms with Crippen LogP contribution in [0.2, 0.25) is 5.02 Å². The van der Waals surface area contributed by atoms with Gasteiger partial charge in [0.1, 0.15) is 5.82 Å². The summed E-state index contributed by atoms with van der Waals surface area (Å²) in [6, 6.07) is 10.0. The van der Waals surface area contributed by atoms with Crippen LogP contribution in [0.4, 0.5) is 10.1 Å². The molecule has 2 aromatic rings. The van der Waals surface area contributed by atoms with Gasteiger partial charge in [-0.15, -0.1) is 0 Å². The van der Waals surface area contributed by atoms with Crippen LogP contribution in [0.15, 0.2) is 40.9 Å². The van der Waals surface area contributed by atoms with Crippen LogP contribution in [0, 0.1) is 5.82 Å². The van der Waals surface area contributed by atoms with Crippen molar-refractivity contribution in [3.8, 4) is 0 Å². The SMILES string of the molecule is NC(=O)c1c(F)cc(Br)cc1NCc1cccc(Cl)c1. The first-order chi connectivity index (χ1) is 9.47. The zero-order valence-electron chi connectivity index (χ0n) is 10.3. The molecule has 0 aliphatic carbocycles. The van der Waals surface area contributed by atoms with Gasteiger partial charge in [-0.25, -0.2) is 4.39 Å². The third-order valence-electron chi connectivity index (χ3n) is 2.67. The molecular formula is C14H11BrClFN2O. The number of carbonyl (C=O) groups excluding carboxylic acids is 1. The molecule has 0 bridgehead atoms. The summed E-state index contributed by atoms with van der Waals surface area (Å²) < 4.78 is 14.3. The molecule has 0 unspecified atom stereocenters. The predicted octanol–water partition coefficient (Wildman–Crippen LogP) is 3.95. The number of hydrogen-bond donors (Lipinski definition) is 2. The van der Waals surface area contributed by atoms with Crippen LogP contribution in [0.1, 0.15) is 15.9 Å². The standard InChI is InChI=1S/C14H11BrClFN2O/c15-9-5-11(17)13(14(18)20)12(6-9)19-7-8-2-1-3-10(16)4-8/h1-6,19H,7H2,(H2,18,20). The molecule has 0 fully saturated rings. The molecule has 0 radical (unpaired) electrons. The quantitative estimate of drug-likeness (QED) is 0.870. The van der Waals surface area contributed by atoms with E-state index in [2.05, 4.69) is 21.2 Å². The molecule has 0 spiro atoms. The molecule has 6 heteroatoms. The molecule has 0 aromatic heterocycles. The summed E-state index contributed by atoms with van der Waals surface area (Å²) in [5.41, 5.74) is 6.29. The smallest absolute Gasteiger partial charge is 0.253 e. The Morgan fingerprint density at radius 3 is 2.75 bits per heavy atom. The first kappa shape index (κ1) is 14.8. The lowest BCUT2D eigenvalue weighted by Crippen LogP contribution is -2.16. The first-order valence-corrected chi connectivity index (χ1v) is 6.91. The van der Waals surface area contributed by atoms with E-state index in [1.807, 2.05) is 12.1 Å². The first-order valence-electron chi connectivity index (χ1n) is 5.74. The Hall–Kier alpha value is -1.59. The average Bonchev–Trinajstić information content (AvgIpc) is 2.35. The van der Waals surface area contributed by atoms with Crippen molar-refractivity contribution in [2.45, 2.75) is 6.54 Å². The van der Waals surface area contributed by atoms with E-state index in [4.69, 9.17) is 17.3 Å². The normalized spacial score (nSPS) is 10.3. The highest BCUT2D eigenvalue weighted by Crippen LogP contribution is 2.25. The number of nitrogens with one attached hydrogen (secondary N) is 1. The molecule has 0 saturated heterocycles. The summed E-state index contributed by atoms with van der Waals surface area (Å²) in [6.07, 6.45) is 0. The second kappa shape index (κ2) is 6.24. The van der Waals surface area contributed by atoms with Crippen molar-refractivity contribution in [1.82, 2.24) is 0 Å². The largest absolute Gasteiger partial charge is 0.380 e. The maximum absolute atomic E-state index is 13.8. The van der Waals surface area contributed by atoms with Crippen molar-refractivity contribution in [2.24, 2.45) is 5.73 Å². The topological polar surface area (TPSA) is 55.1 Å². The summed E-state index contributed by atoms with van der Waals surface area (Å²) in [4.78, 5) is 11.3. The van der Waals surface area contributed by atoms with Gasteiger partial charge in [-0.05, 0) is 29.8 Å². The van der Waals surface area contributed by atoms with E-state index in [0.29, 0.717) is 21.7 Å². The van der Waals surface area contributed by atoms with Gasteiger partial charge in [0.15, 0.2) is 0 Å². The van der Waals surface area contributed by atoms with E-state index in [1.54, 1.807) is 18.2 Å². The molecule has 0 atom stereocenters. The molecule has 2 aromatic carbocycles. The molecule has 1 amide bonds. The Kier molecular flexibility index (Phi) is 4.62. The van der Waals surface area contributed by atoms with Gasteiger partial charge in [-0.3, -0.25) is 4.79 Å². The number of nitrogens with two attached hydrogens (primary N) is 1. The minimum Gasteiger partial charge on any atom is -0.380 e. The van der Waals surface area contributed by atoms with Gasteiger partial charge in [-0.2, -0.15) is 0 Å². The molecular weight excluding hydrogens is 347 g/mol. The number of rotatable bonds is 4. The minimum absolute atomic E-state index is 0.157. The summed E-state index contributed by atoms with van der Waals surface area (Å²) in [5.74, 6) is -1.48. The lowest BCUT2D eigenvalue weighted by molar-refractivity contribution is 0.0997. The molecule has 0 heterocycles. The van der Waals surface area contributed by atoms with Crippen molar-refractivity contribution < 1.29 is 9.18 Å². The lowest BCUT2D eigenvalue weighted by atomic mass is 10.1. The van der Waals surface area contributed by atoms with Crippen LogP contribution in [-0.4, -0.2) is 5.91 Å². The highest BCUT2D eigenvalue weighted by atomic mass is 79.9. The third-order valence-corrected chi connectivity index (χ3v) is 3.37. The van der Waals surface area contributed by atoms with Gasteiger partial charge in [0.25, 0.3) is 5.91 Å². The third kappa shape index (κ3) is 3.49. The maximum Gasteiger partial charge on any atom is 0.253 e. The lowest BCUT2D eigenvalue weighted by Gasteiger charge is -2.12. The van der Waals surface area contributed by atoms with Gasteiger partial charge in [-0.1, -0.05) is 39.7 Å². The second-order valence-electron chi connectivity index (χ2n) is 4.16. The van der Waals surface area contributed by atoms with Gasteiger partial charge >= 0.3 is 0 Å². The average molecular weight is 358 g/mol. The number of halogens is 3. The van der Waals surface area contributed by atoms with Crippen LogP contribution >= 0.6 is 27.5 Å². The van der Waals surface area contributed by atoms with E-state index in [-0.39, 0.29) is 5.56 Å². The number of anilines is 1. The van der Waals surface area contributed by atoms with Crippen LogP contribution < -0.4 is 11.1 Å². The van der Waals surface area contributed by atoms with Crippen molar-refractivity contribution in [3.05, 3.63) is 62.8 Å². The molecule has 3 nitrogen and oxygen atoms in total. The van der Waals surface area contributed by atoms with Crippen LogP contribution in [-0.2, 0) is 6.54 Å². The molecule has 104 valence electrons. The van der Waals surface area contributed by atoms with E-state index in [1.165, 1.54) is 6.07 Å². The van der Waals surface area contributed by atoms with Gasteiger partial charge in [0.05, 0.1) is 11.3 Å². The zero-order chi connectivity index (χ0) is 14.7. The maximum atomic E-state index is 13.8. The fourth-order valence-corrected chi connectivity index (χ4v) is 2.45. The Bertz CT molecular complexity index is 664. The number of hydrogen-bond acceptors (Lipinski definition) is 2. The van der Waals surface area contributed by atoms with Gasteiger partial charge in [0, 0.05) is 16.0 Å². The number of carbonyl (C=O) groups is 1. The summed E-state index contributed by atoms with van der Waals surface area (Å²) in [5, 5.41) is 3.60. The second-order valence-corrected chi connectivity index (χ2v) is 5.51. The van der Waals surface area contributed by atoms with Gasteiger partial charge < -0.3 is 11.1 Å². The van der Waals surface area contributed by atoms with Crippen LogP contribution in [0.25, 0.3) is 0 Å². The molecule has 0 saturated carbocycles. The van der Waals surface area contributed by atoms with Gasteiger partial charge in [0.2, 0.25) is 0 Å². The predicted molar refractivity (Wildman–Crippen MR) is 81.4 cm³/mol. The summed E-state index contributed by atoms with van der Waals surface area (Å²) in [7, 11) is 0. The van der Waals surface area contributed by atoms with Crippen molar-refractivity contribution in [3.63, 3.8) is 0 Å². The highest BCUT2D eigenvalue weighted by Gasteiger charge is 2.15. The van der Waals surface area contributed by atoms with Crippen molar-refractivity contribution in [2.75, 3.05) is 5.32 Å². The fraction of sp³-hybridized carbons (Fsp3) is 0.0714. The van der Waals surface area contributed by atoms with E-state index in [0.717, 1.165) is 5.56 Å². The summed E-state index contributed by atoms with van der Waals surface area (Å²) in [6.45, 7) is 0.400. The van der Waals surface area contributed by atoms with E-state index >= 15 is 0 Å². The minimum atomic E-state index is -0.816. The van der Waals surface area contributed by atoms with Crippen LogP contribution in [0.3, 0.4) is 0 Å². The fourth-order valence-electron chi connectivity index (χ4n) is 1.81. The highest BCUT2D eigenvalue weighted by molar-refractivity contribution is 9.10. The molecule has 0 aliphatic heterocycles. The monoisotopic (exact) mass is 356 g/mol. The Balaban J connectivity index is 2.27. The number of amides is 1. The van der Waals surface area contributed by atoms with E-state index < -0.39 is 11.7 Å². The van der Waals surface area contributed by atoms with E-state index in [9.17, 15) is 9.18 Å². The van der Waals surface area contributed by atoms with Crippen LogP contribution in [0.5, 0.6) is 0 Å². The number of benzene rings is 2. The molecule has 2 rings (SSSR count). The van der Waals surface area contributed by atoms with Crippen molar-refractivity contribution >= 4 is 39.1 Å². The van der Waals surface area contributed by atoms with Crippen molar-refractivity contribution in [1.29, 1.82) is 0 Å². The Labute approximate surface area is 129 Å². The number of primary amides is 1. The molecule has 3 N–H and O–H groups in total. The molecule has 0 aliphatic rings. The molecule has 20 heavy (non-hydrogen) atoms.